The van der Waals surface area contributed by atoms with Gasteiger partial charge in [-0.15, -0.1) is 0 Å². The highest BCUT2D eigenvalue weighted by atomic mass is 16.5. The minimum absolute atomic E-state index is 0.451. The van der Waals surface area contributed by atoms with Crippen LogP contribution in [0.1, 0.15) is 39.0 Å². The van der Waals surface area contributed by atoms with Crippen LogP contribution in [0.4, 0.5) is 0 Å². The van der Waals surface area contributed by atoms with E-state index in [2.05, 4.69) is 12.2 Å². The van der Waals surface area contributed by atoms with Crippen LogP contribution in [0.5, 0.6) is 0 Å². The van der Waals surface area contributed by atoms with Gasteiger partial charge in [0.05, 0.1) is 13.1 Å². The zero-order chi connectivity index (χ0) is 9.52. The van der Waals surface area contributed by atoms with Gasteiger partial charge in [0.25, 0.3) is 0 Å². The second-order valence-corrected chi connectivity index (χ2v) is 3.97. The molecule has 13 heavy (non-hydrogen) atoms. The molecular weight excluding hydrogens is 164 g/mol. The second kappa shape index (κ2) is 6.35. The first kappa shape index (κ1) is 11.0. The summed E-state index contributed by atoms with van der Waals surface area (Å²) < 4.78 is 0. The van der Waals surface area contributed by atoms with Crippen molar-refractivity contribution in [1.82, 2.24) is 5.32 Å². The third-order valence-corrected chi connectivity index (χ3v) is 2.76. The van der Waals surface area contributed by atoms with Crippen LogP contribution < -0.4 is 10.4 Å². The van der Waals surface area contributed by atoms with Crippen LogP contribution in [-0.2, 0) is 0 Å². The van der Waals surface area contributed by atoms with Crippen molar-refractivity contribution in [2.45, 2.75) is 45.1 Å². The van der Waals surface area contributed by atoms with E-state index in [9.17, 15) is 5.21 Å². The van der Waals surface area contributed by atoms with Crippen LogP contribution in [-0.4, -0.2) is 25.7 Å². The molecule has 0 aromatic rings. The van der Waals surface area contributed by atoms with Gasteiger partial charge in [0.2, 0.25) is 0 Å². The third kappa shape index (κ3) is 4.60. The number of piperidine rings is 1. The zero-order valence-corrected chi connectivity index (χ0v) is 8.64. The summed E-state index contributed by atoms with van der Waals surface area (Å²) in [7, 11) is 0. The average Bonchev–Trinajstić information content (AvgIpc) is 2.15. The average molecular weight is 186 g/mol. The fourth-order valence-electron chi connectivity index (χ4n) is 1.83. The molecule has 0 aliphatic carbocycles. The highest BCUT2D eigenvalue weighted by Gasteiger charge is 2.16. The first-order chi connectivity index (χ1) is 6.33. The van der Waals surface area contributed by atoms with Crippen LogP contribution in [0.25, 0.3) is 0 Å². The first-order valence-corrected chi connectivity index (χ1v) is 5.58. The van der Waals surface area contributed by atoms with E-state index in [1.165, 1.54) is 19.3 Å². The van der Waals surface area contributed by atoms with Crippen molar-refractivity contribution < 1.29 is 5.06 Å². The fraction of sp³-hybridized carbons (Fsp3) is 1.00. The number of nitrogens with one attached hydrogen (secondary N) is 2. The van der Waals surface area contributed by atoms with Crippen molar-refractivity contribution in [2.24, 2.45) is 0 Å². The van der Waals surface area contributed by atoms with Crippen LogP contribution in [0.3, 0.4) is 0 Å². The van der Waals surface area contributed by atoms with Crippen molar-refractivity contribution in [2.75, 3.05) is 19.6 Å². The molecule has 3 nitrogen and oxygen atoms in total. The molecule has 1 fully saturated rings. The van der Waals surface area contributed by atoms with E-state index in [0.29, 0.717) is 11.1 Å². The molecule has 1 aliphatic rings. The lowest BCUT2D eigenvalue weighted by atomic mass is 10.1. The van der Waals surface area contributed by atoms with Crippen LogP contribution in [0.2, 0.25) is 0 Å². The lowest BCUT2D eigenvalue weighted by molar-refractivity contribution is -0.853. The molecule has 1 rings (SSSR count). The van der Waals surface area contributed by atoms with Crippen LogP contribution >= 0.6 is 0 Å². The van der Waals surface area contributed by atoms with Gasteiger partial charge in [-0.2, -0.15) is 0 Å². The molecule has 0 amide bonds. The van der Waals surface area contributed by atoms with E-state index in [0.717, 1.165) is 32.5 Å². The summed E-state index contributed by atoms with van der Waals surface area (Å²) in [6.45, 7) is 4.95. The van der Waals surface area contributed by atoms with Crippen molar-refractivity contribution in [1.29, 1.82) is 0 Å². The topological polar surface area (TPSA) is 39.5 Å². The molecule has 1 saturated heterocycles. The van der Waals surface area contributed by atoms with Gasteiger partial charge < -0.3 is 15.6 Å². The molecule has 1 aliphatic heterocycles. The van der Waals surface area contributed by atoms with Gasteiger partial charge in [0.15, 0.2) is 0 Å². The van der Waals surface area contributed by atoms with Gasteiger partial charge in [-0.3, -0.25) is 0 Å². The Balaban J connectivity index is 1.96. The SMILES string of the molecule is CCCCCNC1CC[NH+]([O-])CC1. The Kier molecular flexibility index (Phi) is 5.35. The molecule has 2 N–H and O–H groups in total. The summed E-state index contributed by atoms with van der Waals surface area (Å²) in [5.74, 6) is 0. The number of hydrogen-bond acceptors (Lipinski definition) is 2. The van der Waals surface area contributed by atoms with Crippen LogP contribution in [0, 0.1) is 5.21 Å². The number of quaternary nitrogens is 1. The first-order valence-electron chi connectivity index (χ1n) is 5.58. The summed E-state index contributed by atoms with van der Waals surface area (Å²) in [6.07, 6.45) is 6.00. The Morgan fingerprint density at radius 1 is 1.31 bits per heavy atom. The molecule has 0 aromatic heterocycles. The van der Waals surface area contributed by atoms with E-state index >= 15 is 0 Å². The summed E-state index contributed by atoms with van der Waals surface area (Å²) in [5, 5.41) is 14.9. The minimum Gasteiger partial charge on any atom is -0.634 e. The largest absolute Gasteiger partial charge is 0.634 e. The maximum atomic E-state index is 11.0. The van der Waals surface area contributed by atoms with Gasteiger partial charge >= 0.3 is 0 Å². The van der Waals surface area contributed by atoms with Gasteiger partial charge in [-0.05, 0) is 13.0 Å². The number of unbranched alkanes of at least 4 members (excludes halogenated alkanes) is 2. The molecule has 0 spiro atoms. The molecule has 1 heterocycles. The van der Waals surface area contributed by atoms with E-state index in [1.54, 1.807) is 0 Å². The third-order valence-electron chi connectivity index (χ3n) is 2.76. The Morgan fingerprint density at radius 3 is 2.62 bits per heavy atom. The Hall–Kier alpha value is -0.120. The fourth-order valence-corrected chi connectivity index (χ4v) is 1.83. The van der Waals surface area contributed by atoms with Gasteiger partial charge in [0.1, 0.15) is 0 Å². The summed E-state index contributed by atoms with van der Waals surface area (Å²) in [6, 6.07) is 0.620. The smallest absolute Gasteiger partial charge is 0.0783 e. The second-order valence-electron chi connectivity index (χ2n) is 3.97. The molecule has 3 heteroatoms. The Labute approximate surface area is 81.1 Å². The van der Waals surface area contributed by atoms with E-state index in [4.69, 9.17) is 0 Å². The van der Waals surface area contributed by atoms with Crippen LogP contribution in [0.15, 0.2) is 0 Å². The van der Waals surface area contributed by atoms with Gasteiger partial charge in [-0.1, -0.05) is 19.8 Å². The highest BCUT2D eigenvalue weighted by Crippen LogP contribution is 2.00. The molecule has 0 unspecified atom stereocenters. The zero-order valence-electron chi connectivity index (χ0n) is 8.64. The van der Waals surface area contributed by atoms with Crippen molar-refractivity contribution >= 4 is 0 Å². The van der Waals surface area contributed by atoms with Crippen molar-refractivity contribution in [3.8, 4) is 0 Å². The predicted molar refractivity (Wildman–Crippen MR) is 54.6 cm³/mol. The van der Waals surface area contributed by atoms with Crippen molar-refractivity contribution in [3.63, 3.8) is 0 Å². The minimum atomic E-state index is 0.451. The van der Waals surface area contributed by atoms with E-state index in [-0.39, 0.29) is 0 Å². The maximum Gasteiger partial charge on any atom is 0.0783 e. The molecular formula is C10H22N2O. The molecule has 0 atom stereocenters. The maximum absolute atomic E-state index is 11.0. The molecule has 78 valence electrons. The number of rotatable bonds is 5. The predicted octanol–water partition coefficient (Wildman–Crippen LogP) is 0.311. The standard InChI is InChI=1S/C10H22N2O/c1-2-3-4-7-11-10-5-8-12(13)9-6-10/h10-12H,2-9H2,1H3. The lowest BCUT2D eigenvalue weighted by Gasteiger charge is -2.31. The van der Waals surface area contributed by atoms with Crippen molar-refractivity contribution in [3.05, 3.63) is 5.21 Å². The summed E-state index contributed by atoms with van der Waals surface area (Å²) in [4.78, 5) is 0. The Morgan fingerprint density at radius 2 is 2.00 bits per heavy atom. The molecule has 0 bridgehead atoms. The highest BCUT2D eigenvalue weighted by molar-refractivity contribution is 4.68. The molecule has 0 radical (unpaired) electrons. The Bertz CT molecular complexity index is 122. The van der Waals surface area contributed by atoms with E-state index in [1.807, 2.05) is 0 Å². The monoisotopic (exact) mass is 186 g/mol. The number of hydroxylamine groups is 2. The van der Waals surface area contributed by atoms with Gasteiger partial charge in [-0.25, -0.2) is 0 Å². The summed E-state index contributed by atoms with van der Waals surface area (Å²) in [5.41, 5.74) is 0. The summed E-state index contributed by atoms with van der Waals surface area (Å²) >= 11 is 0. The number of hydrogen-bond donors (Lipinski definition) is 2. The van der Waals surface area contributed by atoms with Gasteiger partial charge in [0, 0.05) is 18.9 Å². The normalized spacial score (nSPS) is 29.1. The lowest BCUT2D eigenvalue weighted by Crippen LogP contribution is -3.08. The quantitative estimate of drug-likeness (QED) is 0.479. The molecule has 0 aromatic carbocycles. The molecule has 0 saturated carbocycles. The van der Waals surface area contributed by atoms with E-state index < -0.39 is 0 Å².